The minimum absolute atomic E-state index is 0.0190. The summed E-state index contributed by atoms with van der Waals surface area (Å²) in [6, 6.07) is 1.05. The van der Waals surface area contributed by atoms with Crippen molar-refractivity contribution >= 4 is 19.8 Å². The van der Waals surface area contributed by atoms with E-state index in [1.54, 1.807) is 0 Å². The van der Waals surface area contributed by atoms with Crippen LogP contribution in [0.5, 0.6) is 0 Å². The maximum atomic E-state index is 13.2. The summed E-state index contributed by atoms with van der Waals surface area (Å²) < 4.78 is 18.3. The van der Waals surface area contributed by atoms with Gasteiger partial charge < -0.3 is 19.3 Å². The summed E-state index contributed by atoms with van der Waals surface area (Å²) in [6.45, 7) is 21.0. The maximum absolute atomic E-state index is 13.2. The fourth-order valence-corrected chi connectivity index (χ4v) is 11.0. The van der Waals surface area contributed by atoms with Crippen molar-refractivity contribution in [1.82, 2.24) is 0 Å². The predicted octanol–water partition coefficient (Wildman–Crippen LogP) is 7.64. The first-order valence-corrected chi connectivity index (χ1v) is 20.8. The van der Waals surface area contributed by atoms with Crippen molar-refractivity contribution in [2.45, 2.75) is 149 Å². The fourth-order valence-electron chi connectivity index (χ4n) is 10.3. The molecule has 4 aliphatic rings. The SMILES string of the molecule is CC(=O)O[C@@H]1C[C@H]2[C@@H]3CC[C@H]([C@H](C)CCCC(C)C)[C@@]3(C)CC[C@@H]2[C@@]2(C)[C@H](OCOCC[Si](C)(C)C)CC(=O)C[C@]12O. The van der Waals surface area contributed by atoms with Gasteiger partial charge in [0.15, 0.2) is 0 Å². The van der Waals surface area contributed by atoms with Gasteiger partial charge in [0.1, 0.15) is 24.3 Å². The molecule has 7 heteroatoms. The van der Waals surface area contributed by atoms with Gasteiger partial charge in [-0.2, -0.15) is 0 Å². The van der Waals surface area contributed by atoms with Crippen LogP contribution in [0.2, 0.25) is 25.7 Å². The Morgan fingerprint density at radius 3 is 2.40 bits per heavy atom. The molecule has 4 aliphatic carbocycles. The van der Waals surface area contributed by atoms with Gasteiger partial charge >= 0.3 is 5.97 Å². The molecule has 0 unspecified atom stereocenters. The van der Waals surface area contributed by atoms with Gasteiger partial charge in [-0.25, -0.2) is 0 Å². The van der Waals surface area contributed by atoms with Crippen LogP contribution in [0.1, 0.15) is 106 Å². The van der Waals surface area contributed by atoms with Gasteiger partial charge in [-0.15, -0.1) is 0 Å². The summed E-state index contributed by atoms with van der Waals surface area (Å²) in [5.41, 5.74) is -1.88. The Labute approximate surface area is 257 Å². The second kappa shape index (κ2) is 12.9. The van der Waals surface area contributed by atoms with Crippen LogP contribution in [-0.4, -0.2) is 56.1 Å². The normalized spacial score (nSPS) is 40.8. The van der Waals surface area contributed by atoms with E-state index < -0.39 is 31.3 Å². The number of esters is 1. The molecule has 0 heterocycles. The highest BCUT2D eigenvalue weighted by Crippen LogP contribution is 2.69. The summed E-state index contributed by atoms with van der Waals surface area (Å²) in [6.07, 6.45) is 8.30. The molecule has 0 aliphatic heterocycles. The molecule has 4 rings (SSSR count). The van der Waals surface area contributed by atoms with E-state index in [4.69, 9.17) is 14.2 Å². The number of ether oxygens (including phenoxy) is 3. The monoisotopic (exact) mass is 606 g/mol. The molecule has 0 saturated heterocycles. The van der Waals surface area contributed by atoms with Crippen LogP contribution in [-0.2, 0) is 23.8 Å². The first-order valence-electron chi connectivity index (χ1n) is 17.1. The Hall–Kier alpha value is -0.763. The Kier molecular flexibility index (Phi) is 10.5. The van der Waals surface area contributed by atoms with E-state index in [0.29, 0.717) is 36.7 Å². The number of Topliss-reactive ketones (excluding diaryl/α,β-unsaturated/α-hetero) is 1. The number of ketones is 1. The first-order chi connectivity index (χ1) is 19.5. The fraction of sp³-hybridized carbons (Fsp3) is 0.943. The molecule has 10 atom stereocenters. The van der Waals surface area contributed by atoms with Crippen LogP contribution in [0.3, 0.4) is 0 Å². The van der Waals surface area contributed by atoms with Gasteiger partial charge in [-0.05, 0) is 79.1 Å². The number of hydrogen-bond donors (Lipinski definition) is 1. The van der Waals surface area contributed by atoms with Gasteiger partial charge in [-0.3, -0.25) is 9.59 Å². The van der Waals surface area contributed by atoms with Gasteiger partial charge in [0.2, 0.25) is 0 Å². The minimum Gasteiger partial charge on any atom is -0.459 e. The van der Waals surface area contributed by atoms with Crippen LogP contribution >= 0.6 is 0 Å². The van der Waals surface area contributed by atoms with E-state index in [9.17, 15) is 14.7 Å². The average molecular weight is 607 g/mol. The molecule has 42 heavy (non-hydrogen) atoms. The zero-order valence-electron chi connectivity index (χ0n) is 28.3. The number of fused-ring (bicyclic) bond motifs is 5. The van der Waals surface area contributed by atoms with E-state index in [0.717, 1.165) is 24.8 Å². The van der Waals surface area contributed by atoms with Crippen LogP contribution in [0.4, 0.5) is 0 Å². The summed E-state index contributed by atoms with van der Waals surface area (Å²) in [7, 11) is -1.23. The van der Waals surface area contributed by atoms with Crippen LogP contribution in [0.25, 0.3) is 0 Å². The lowest BCUT2D eigenvalue weighted by atomic mass is 9.41. The quantitative estimate of drug-likeness (QED) is 0.106. The highest BCUT2D eigenvalue weighted by Gasteiger charge is 2.71. The van der Waals surface area contributed by atoms with Crippen molar-refractivity contribution in [2.75, 3.05) is 13.4 Å². The summed E-state index contributed by atoms with van der Waals surface area (Å²) in [4.78, 5) is 25.5. The second-order valence-corrected chi connectivity index (χ2v) is 22.5. The third-order valence-corrected chi connectivity index (χ3v) is 14.3. The molecule has 4 saturated carbocycles. The van der Waals surface area contributed by atoms with E-state index >= 15 is 0 Å². The largest absolute Gasteiger partial charge is 0.459 e. The van der Waals surface area contributed by atoms with Gasteiger partial charge in [0, 0.05) is 39.9 Å². The highest BCUT2D eigenvalue weighted by atomic mass is 28.3. The topological polar surface area (TPSA) is 82.1 Å². The summed E-state index contributed by atoms with van der Waals surface area (Å²) in [5.74, 6) is 2.82. The number of rotatable bonds is 12. The van der Waals surface area contributed by atoms with Crippen LogP contribution in [0.15, 0.2) is 0 Å². The Morgan fingerprint density at radius 1 is 1.05 bits per heavy atom. The lowest BCUT2D eigenvalue weighted by molar-refractivity contribution is -0.293. The number of hydrogen-bond acceptors (Lipinski definition) is 6. The van der Waals surface area contributed by atoms with Gasteiger partial charge in [0.05, 0.1) is 6.10 Å². The van der Waals surface area contributed by atoms with Gasteiger partial charge in [0.25, 0.3) is 0 Å². The molecule has 0 bridgehead atoms. The summed E-state index contributed by atoms with van der Waals surface area (Å²) >= 11 is 0. The van der Waals surface area contributed by atoms with Crippen molar-refractivity contribution in [1.29, 1.82) is 0 Å². The molecule has 0 aromatic heterocycles. The molecule has 6 nitrogen and oxygen atoms in total. The molecule has 1 N–H and O–H groups in total. The van der Waals surface area contributed by atoms with Crippen molar-refractivity contribution in [3.8, 4) is 0 Å². The molecular formula is C35H62O6Si. The van der Waals surface area contributed by atoms with Crippen molar-refractivity contribution in [3.05, 3.63) is 0 Å². The molecule has 0 aromatic carbocycles. The predicted molar refractivity (Wildman–Crippen MR) is 170 cm³/mol. The van der Waals surface area contributed by atoms with Crippen molar-refractivity contribution in [3.63, 3.8) is 0 Å². The zero-order valence-corrected chi connectivity index (χ0v) is 29.3. The minimum atomic E-state index is -1.44. The third kappa shape index (κ3) is 6.60. The highest BCUT2D eigenvalue weighted by molar-refractivity contribution is 6.76. The Morgan fingerprint density at radius 2 is 1.76 bits per heavy atom. The number of carbonyl (C=O) groups excluding carboxylic acids is 2. The maximum Gasteiger partial charge on any atom is 0.303 e. The molecule has 4 fully saturated rings. The van der Waals surface area contributed by atoms with Crippen molar-refractivity contribution in [2.24, 2.45) is 46.3 Å². The standard InChI is InChI=1S/C35H62O6Si/c1-23(2)11-10-12-24(3)28-13-14-29-27-20-32(41-25(4)36)35(38)21-26(37)19-31(40-22-39-17-18-42(7,8)9)34(35,6)30(27)15-16-33(28,29)5/h23-24,27-32,38H,10-22H2,1-9H3/t24-,27+,28-,29+,30+,31-,32-,33-,34+,35+/m1/s1. The van der Waals surface area contributed by atoms with E-state index in [1.165, 1.54) is 39.0 Å². The lowest BCUT2D eigenvalue weighted by Crippen LogP contribution is -2.73. The molecule has 0 radical (unpaired) electrons. The smallest absolute Gasteiger partial charge is 0.303 e. The molecule has 0 amide bonds. The third-order valence-electron chi connectivity index (χ3n) is 12.6. The molecule has 0 spiro atoms. The van der Waals surface area contributed by atoms with Crippen LogP contribution < -0.4 is 0 Å². The Balaban J connectivity index is 1.60. The number of carbonyl (C=O) groups is 2. The van der Waals surface area contributed by atoms with Crippen molar-refractivity contribution < 1.29 is 28.9 Å². The molecular weight excluding hydrogens is 544 g/mol. The van der Waals surface area contributed by atoms with Gasteiger partial charge in [-0.1, -0.05) is 73.5 Å². The molecule has 242 valence electrons. The van der Waals surface area contributed by atoms with E-state index in [2.05, 4.69) is 54.3 Å². The summed E-state index contributed by atoms with van der Waals surface area (Å²) in [5, 5.41) is 12.5. The van der Waals surface area contributed by atoms with Crippen LogP contribution in [0, 0.1) is 46.3 Å². The zero-order chi connectivity index (χ0) is 31.1. The Bertz CT molecular complexity index is 962. The lowest BCUT2D eigenvalue weighted by Gasteiger charge is -2.66. The van der Waals surface area contributed by atoms with E-state index in [-0.39, 0.29) is 42.7 Å². The first kappa shape index (κ1) is 34.1. The molecule has 0 aromatic rings. The second-order valence-electron chi connectivity index (χ2n) is 16.9. The van der Waals surface area contributed by atoms with E-state index in [1.807, 2.05) is 0 Å². The number of aliphatic hydroxyl groups is 1. The average Bonchev–Trinajstić information content (AvgIpc) is 3.22.